The van der Waals surface area contributed by atoms with Crippen LogP contribution in [0.2, 0.25) is 0 Å². The maximum atomic E-state index is 14.0. The van der Waals surface area contributed by atoms with E-state index in [0.29, 0.717) is 40.9 Å². The number of nitrogens with zero attached hydrogens (tertiary/aromatic N) is 4. The van der Waals surface area contributed by atoms with Crippen LogP contribution in [0.5, 0.6) is 11.5 Å². The number of ether oxygens (including phenoxy) is 2. The fraction of sp³-hybridized carbons (Fsp3) is 0.375. The number of carbonyl (C=O) groups excluding carboxylic acids is 1. The van der Waals surface area contributed by atoms with Crippen LogP contribution in [0.25, 0.3) is 11.4 Å². The topological polar surface area (TPSA) is 95.6 Å². The fourth-order valence-electron chi connectivity index (χ4n) is 3.99. The van der Waals surface area contributed by atoms with Crippen LogP contribution in [-0.2, 0) is 6.54 Å². The molecule has 1 saturated heterocycles. The number of H-pyrrole nitrogens is 1. The number of rotatable bonds is 6. The molecule has 9 nitrogen and oxygen atoms in total. The molecule has 0 saturated carbocycles. The summed E-state index contributed by atoms with van der Waals surface area (Å²) in [7, 11) is 3.55. The van der Waals surface area contributed by atoms with E-state index in [1.807, 2.05) is 27.0 Å². The van der Waals surface area contributed by atoms with Gasteiger partial charge in [-0.15, -0.1) is 5.10 Å². The molecular weight excluding hydrogens is 439 g/mol. The predicted octanol–water partition coefficient (Wildman–Crippen LogP) is 3.67. The molecule has 1 unspecified atom stereocenters. The molecule has 1 atom stereocenters. The first-order valence-electron chi connectivity index (χ1n) is 11.1. The molecule has 10 heteroatoms. The zero-order chi connectivity index (χ0) is 24.2. The van der Waals surface area contributed by atoms with Crippen LogP contribution in [0, 0.1) is 12.7 Å². The lowest BCUT2D eigenvalue weighted by Gasteiger charge is -2.37. The maximum Gasteiger partial charge on any atom is 0.415 e. The molecule has 1 amide bonds. The highest BCUT2D eigenvalue weighted by molar-refractivity contribution is 5.73. The van der Waals surface area contributed by atoms with Gasteiger partial charge in [0.15, 0.2) is 17.3 Å². The zero-order valence-electron chi connectivity index (χ0n) is 19.8. The Balaban J connectivity index is 1.44. The van der Waals surface area contributed by atoms with Crippen LogP contribution in [0.4, 0.5) is 15.1 Å². The molecule has 0 bridgehead atoms. The lowest BCUT2D eigenvalue weighted by molar-refractivity contribution is 0.0886. The Morgan fingerprint density at radius 3 is 2.82 bits per heavy atom. The van der Waals surface area contributed by atoms with Crippen molar-refractivity contribution in [3.8, 4) is 22.9 Å². The summed E-state index contributed by atoms with van der Waals surface area (Å²) in [5.74, 6) is 1.30. The molecule has 2 heterocycles. The number of hydrogen-bond acceptors (Lipinski definition) is 7. The lowest BCUT2D eigenvalue weighted by Crippen LogP contribution is -2.53. The highest BCUT2D eigenvalue weighted by Gasteiger charge is 2.28. The van der Waals surface area contributed by atoms with Crippen LogP contribution in [0.15, 0.2) is 36.4 Å². The van der Waals surface area contributed by atoms with Crippen molar-refractivity contribution in [2.24, 2.45) is 0 Å². The molecule has 1 aromatic heterocycles. The van der Waals surface area contributed by atoms with E-state index in [1.54, 1.807) is 29.2 Å². The number of aromatic nitrogens is 3. The highest BCUT2D eigenvalue weighted by atomic mass is 19.1. The third kappa shape index (κ3) is 5.12. The number of nitrogens with one attached hydrogen (secondary N) is 2. The molecule has 4 rings (SSSR count). The van der Waals surface area contributed by atoms with Crippen molar-refractivity contribution in [3.05, 3.63) is 53.3 Å². The molecule has 2 aromatic carbocycles. The van der Waals surface area contributed by atoms with Crippen molar-refractivity contribution in [1.29, 1.82) is 0 Å². The van der Waals surface area contributed by atoms with Gasteiger partial charge in [0.25, 0.3) is 0 Å². The van der Waals surface area contributed by atoms with Gasteiger partial charge in [-0.2, -0.15) is 4.98 Å². The monoisotopic (exact) mass is 468 g/mol. The Morgan fingerprint density at radius 1 is 1.26 bits per heavy atom. The third-order valence-electron chi connectivity index (χ3n) is 5.96. The van der Waals surface area contributed by atoms with E-state index in [0.717, 1.165) is 18.7 Å². The summed E-state index contributed by atoms with van der Waals surface area (Å²) in [6.07, 6.45) is -0.402. The van der Waals surface area contributed by atoms with Gasteiger partial charge in [0.2, 0.25) is 5.95 Å². The van der Waals surface area contributed by atoms with Crippen molar-refractivity contribution >= 4 is 12.0 Å². The second-order valence-electron chi connectivity index (χ2n) is 8.43. The molecule has 34 heavy (non-hydrogen) atoms. The molecule has 0 spiro atoms. The van der Waals surface area contributed by atoms with Crippen molar-refractivity contribution in [2.75, 3.05) is 39.1 Å². The summed E-state index contributed by atoms with van der Waals surface area (Å²) in [5, 5.41) is 10.1. The Hall–Kier alpha value is -3.66. The second-order valence-corrected chi connectivity index (χ2v) is 8.43. The molecule has 2 N–H and O–H groups in total. The number of aromatic amines is 1. The van der Waals surface area contributed by atoms with E-state index in [-0.39, 0.29) is 18.4 Å². The van der Waals surface area contributed by atoms with Crippen LogP contribution in [0.3, 0.4) is 0 Å². The van der Waals surface area contributed by atoms with Crippen molar-refractivity contribution in [3.63, 3.8) is 0 Å². The van der Waals surface area contributed by atoms with Crippen molar-refractivity contribution in [1.82, 2.24) is 25.0 Å². The lowest BCUT2D eigenvalue weighted by atomic mass is 10.1. The van der Waals surface area contributed by atoms with Gasteiger partial charge in [0, 0.05) is 43.3 Å². The molecule has 1 fully saturated rings. The van der Waals surface area contributed by atoms with Crippen LogP contribution in [-0.4, -0.2) is 70.9 Å². The Kier molecular flexibility index (Phi) is 6.97. The van der Waals surface area contributed by atoms with Gasteiger partial charge in [-0.05, 0) is 50.7 Å². The number of methoxy groups -OCH3 is 1. The maximum absolute atomic E-state index is 14.0. The molecule has 3 aromatic rings. The summed E-state index contributed by atoms with van der Waals surface area (Å²) < 4.78 is 25.1. The van der Waals surface area contributed by atoms with E-state index >= 15 is 0 Å². The van der Waals surface area contributed by atoms with Gasteiger partial charge >= 0.3 is 6.09 Å². The van der Waals surface area contributed by atoms with E-state index in [9.17, 15) is 9.18 Å². The van der Waals surface area contributed by atoms with Gasteiger partial charge < -0.3 is 24.6 Å². The average molecular weight is 469 g/mol. The number of halogens is 1. The summed E-state index contributed by atoms with van der Waals surface area (Å²) in [6.45, 7) is 6.32. The Bertz CT molecular complexity index is 1150. The average Bonchev–Trinajstić information content (AvgIpc) is 3.28. The quantitative estimate of drug-likeness (QED) is 0.570. The smallest absolute Gasteiger partial charge is 0.415 e. The summed E-state index contributed by atoms with van der Waals surface area (Å²) in [4.78, 5) is 21.1. The van der Waals surface area contributed by atoms with Crippen molar-refractivity contribution < 1.29 is 18.7 Å². The minimum absolute atomic E-state index is 0.0600. The number of benzene rings is 2. The second kappa shape index (κ2) is 10.1. The van der Waals surface area contributed by atoms with Gasteiger partial charge in [0.05, 0.1) is 7.11 Å². The molecule has 0 aliphatic carbocycles. The van der Waals surface area contributed by atoms with Crippen LogP contribution < -0.4 is 14.8 Å². The number of likely N-dealkylation sites (N-methyl/N-ethyl adjacent to an activating group) is 1. The first kappa shape index (κ1) is 23.5. The van der Waals surface area contributed by atoms with Gasteiger partial charge in [-0.1, -0.05) is 12.1 Å². The summed E-state index contributed by atoms with van der Waals surface area (Å²) >= 11 is 0. The third-order valence-corrected chi connectivity index (χ3v) is 5.96. The van der Waals surface area contributed by atoms with Gasteiger partial charge in [0.1, 0.15) is 5.82 Å². The minimum Gasteiger partial charge on any atom is -0.493 e. The largest absolute Gasteiger partial charge is 0.493 e. The standard InChI is InChI=1S/C24H29FN6O3/c1-15-6-5-7-19(25)18(15)13-26-23-27-22(28-29-23)17-8-9-20(21(12-17)33-4)34-24(32)31-11-10-30(3)14-16(31)2/h5-9,12,16H,10-11,13-14H2,1-4H3,(H2,26,27,28,29). The van der Waals surface area contributed by atoms with Crippen molar-refractivity contribution in [2.45, 2.75) is 26.4 Å². The van der Waals surface area contributed by atoms with Crippen LogP contribution in [0.1, 0.15) is 18.1 Å². The number of hydrogen-bond donors (Lipinski definition) is 2. The van der Waals surface area contributed by atoms with Crippen LogP contribution >= 0.6 is 0 Å². The first-order chi connectivity index (χ1) is 16.4. The van der Waals surface area contributed by atoms with E-state index in [4.69, 9.17) is 9.47 Å². The SMILES string of the molecule is COc1cc(-c2nc(NCc3c(C)cccc3F)n[nH]2)ccc1OC(=O)N1CCN(C)CC1C. The highest BCUT2D eigenvalue weighted by Crippen LogP contribution is 2.32. The molecule has 1 aliphatic rings. The Morgan fingerprint density at radius 2 is 2.09 bits per heavy atom. The normalized spacial score (nSPS) is 16.4. The summed E-state index contributed by atoms with van der Waals surface area (Å²) in [5.41, 5.74) is 2.12. The molecular formula is C24H29FN6O3. The number of piperazine rings is 1. The van der Waals surface area contributed by atoms with E-state index < -0.39 is 6.09 Å². The number of aryl methyl sites for hydroxylation is 1. The minimum atomic E-state index is -0.402. The van der Waals surface area contributed by atoms with Gasteiger partial charge in [-0.25, -0.2) is 9.18 Å². The fourth-order valence-corrected chi connectivity index (χ4v) is 3.99. The number of amides is 1. The predicted molar refractivity (Wildman–Crippen MR) is 127 cm³/mol. The Labute approximate surface area is 197 Å². The molecule has 0 radical (unpaired) electrons. The summed E-state index contributed by atoms with van der Waals surface area (Å²) in [6, 6.07) is 10.2. The zero-order valence-corrected chi connectivity index (χ0v) is 19.8. The van der Waals surface area contributed by atoms with E-state index in [2.05, 4.69) is 25.4 Å². The first-order valence-corrected chi connectivity index (χ1v) is 11.1. The number of carbonyl (C=O) groups is 1. The number of anilines is 1. The molecule has 180 valence electrons. The van der Waals surface area contributed by atoms with E-state index in [1.165, 1.54) is 13.2 Å². The van der Waals surface area contributed by atoms with Gasteiger partial charge in [-0.3, -0.25) is 5.10 Å². The molecule has 1 aliphatic heterocycles.